The Balaban J connectivity index is 2.19. The summed E-state index contributed by atoms with van der Waals surface area (Å²) in [6.45, 7) is 5.77. The predicted octanol–water partition coefficient (Wildman–Crippen LogP) is 2.96. The van der Waals surface area contributed by atoms with E-state index in [2.05, 4.69) is 48.0 Å². The summed E-state index contributed by atoms with van der Waals surface area (Å²) in [5.41, 5.74) is 7.96. The summed E-state index contributed by atoms with van der Waals surface area (Å²) < 4.78 is 0. The van der Waals surface area contributed by atoms with Crippen LogP contribution in [0.4, 0.5) is 5.82 Å². The topological polar surface area (TPSA) is 42.1 Å². The minimum absolute atomic E-state index is 0.399. The van der Waals surface area contributed by atoms with Gasteiger partial charge in [-0.25, -0.2) is 4.98 Å². The van der Waals surface area contributed by atoms with E-state index in [0.717, 1.165) is 17.9 Å². The molecule has 0 radical (unpaired) electrons. The molecule has 0 atom stereocenters. The molecule has 3 heteroatoms. The van der Waals surface area contributed by atoms with Crippen LogP contribution in [0.25, 0.3) is 0 Å². The molecule has 0 aliphatic rings. The smallest absolute Gasteiger partial charge is 0.129 e. The summed E-state index contributed by atoms with van der Waals surface area (Å²) in [7, 11) is 0. The van der Waals surface area contributed by atoms with Crippen LogP contribution in [0.2, 0.25) is 0 Å². The van der Waals surface area contributed by atoms with E-state index in [1.807, 2.05) is 24.4 Å². The highest BCUT2D eigenvalue weighted by molar-refractivity contribution is 5.41. The first kappa shape index (κ1) is 13.6. The van der Waals surface area contributed by atoms with Crippen LogP contribution >= 0.6 is 0 Å². The molecule has 1 aromatic heterocycles. The molecule has 0 aliphatic heterocycles. The number of hydrogen-bond donors (Lipinski definition) is 1. The van der Waals surface area contributed by atoms with Crippen molar-refractivity contribution in [2.75, 3.05) is 4.90 Å². The number of benzene rings is 1. The van der Waals surface area contributed by atoms with Crippen molar-refractivity contribution >= 4 is 5.82 Å². The average Bonchev–Trinajstić information content (AvgIpc) is 2.46. The number of aromatic nitrogens is 1. The first-order valence-electron chi connectivity index (χ1n) is 6.66. The van der Waals surface area contributed by atoms with Gasteiger partial charge in [-0.05, 0) is 31.0 Å². The van der Waals surface area contributed by atoms with Gasteiger partial charge in [-0.15, -0.1) is 0 Å². The van der Waals surface area contributed by atoms with Crippen molar-refractivity contribution in [3.63, 3.8) is 0 Å². The molecule has 0 aliphatic carbocycles. The maximum Gasteiger partial charge on any atom is 0.129 e. The molecule has 1 aromatic carbocycles. The summed E-state index contributed by atoms with van der Waals surface area (Å²) in [4.78, 5) is 6.80. The normalized spacial score (nSPS) is 10.7. The van der Waals surface area contributed by atoms with E-state index < -0.39 is 0 Å². The van der Waals surface area contributed by atoms with E-state index in [1.165, 1.54) is 5.56 Å². The lowest BCUT2D eigenvalue weighted by Gasteiger charge is -2.28. The zero-order chi connectivity index (χ0) is 13.7. The number of pyridine rings is 1. The maximum absolute atomic E-state index is 5.61. The molecule has 0 saturated carbocycles. The summed E-state index contributed by atoms with van der Waals surface area (Å²) >= 11 is 0. The van der Waals surface area contributed by atoms with Gasteiger partial charge in [0.1, 0.15) is 5.82 Å². The Bertz CT molecular complexity index is 491. The van der Waals surface area contributed by atoms with Crippen molar-refractivity contribution in [3.05, 3.63) is 59.8 Å². The number of rotatable bonds is 5. The highest BCUT2D eigenvalue weighted by atomic mass is 15.2. The summed E-state index contributed by atoms with van der Waals surface area (Å²) in [5.74, 6) is 0.996. The zero-order valence-electron chi connectivity index (χ0n) is 11.6. The van der Waals surface area contributed by atoms with Crippen molar-refractivity contribution in [2.45, 2.75) is 33.0 Å². The fourth-order valence-corrected chi connectivity index (χ4v) is 2.02. The second kappa shape index (κ2) is 6.34. The van der Waals surface area contributed by atoms with E-state index >= 15 is 0 Å². The summed E-state index contributed by atoms with van der Waals surface area (Å²) in [5, 5.41) is 0. The Labute approximate surface area is 115 Å². The third-order valence-corrected chi connectivity index (χ3v) is 3.16. The first-order chi connectivity index (χ1) is 9.20. The molecular formula is C16H21N3. The van der Waals surface area contributed by atoms with Gasteiger partial charge in [-0.2, -0.15) is 0 Å². The molecule has 2 N–H and O–H groups in total. The van der Waals surface area contributed by atoms with Crippen LogP contribution in [0.5, 0.6) is 0 Å². The fourth-order valence-electron chi connectivity index (χ4n) is 2.02. The third kappa shape index (κ3) is 3.55. The molecule has 0 amide bonds. The highest BCUT2D eigenvalue weighted by Gasteiger charge is 2.12. The van der Waals surface area contributed by atoms with Crippen LogP contribution in [-0.4, -0.2) is 11.0 Å². The molecule has 0 fully saturated rings. The number of anilines is 1. The zero-order valence-corrected chi connectivity index (χ0v) is 11.6. The van der Waals surface area contributed by atoms with Gasteiger partial charge in [-0.1, -0.05) is 36.4 Å². The van der Waals surface area contributed by atoms with Crippen LogP contribution in [0.15, 0.2) is 48.7 Å². The molecular weight excluding hydrogens is 234 g/mol. The Morgan fingerprint density at radius 3 is 2.32 bits per heavy atom. The molecule has 19 heavy (non-hydrogen) atoms. The van der Waals surface area contributed by atoms with E-state index in [-0.39, 0.29) is 0 Å². The lowest BCUT2D eigenvalue weighted by molar-refractivity contribution is 0.672. The molecule has 0 bridgehead atoms. The largest absolute Gasteiger partial charge is 0.350 e. The first-order valence-corrected chi connectivity index (χ1v) is 6.66. The van der Waals surface area contributed by atoms with Crippen molar-refractivity contribution in [1.82, 2.24) is 4.98 Å². The molecule has 0 spiro atoms. The molecule has 0 saturated heterocycles. The molecule has 100 valence electrons. The van der Waals surface area contributed by atoms with Crippen LogP contribution in [0, 0.1) is 0 Å². The molecule has 0 unspecified atom stereocenters. The van der Waals surface area contributed by atoms with Gasteiger partial charge in [0.2, 0.25) is 0 Å². The van der Waals surface area contributed by atoms with Crippen molar-refractivity contribution in [3.8, 4) is 0 Å². The molecule has 2 aromatic rings. The monoisotopic (exact) mass is 255 g/mol. The lowest BCUT2D eigenvalue weighted by Crippen LogP contribution is -2.30. The quantitative estimate of drug-likeness (QED) is 0.893. The SMILES string of the molecule is CC(C)N(Cc1ccccc1)c1ccc(CN)cn1. The Morgan fingerprint density at radius 2 is 1.79 bits per heavy atom. The minimum atomic E-state index is 0.399. The second-order valence-electron chi connectivity index (χ2n) is 4.94. The third-order valence-electron chi connectivity index (χ3n) is 3.16. The lowest BCUT2D eigenvalue weighted by atomic mass is 10.2. The van der Waals surface area contributed by atoms with Crippen molar-refractivity contribution in [2.24, 2.45) is 5.73 Å². The van der Waals surface area contributed by atoms with Crippen LogP contribution < -0.4 is 10.6 Å². The van der Waals surface area contributed by atoms with E-state index in [0.29, 0.717) is 12.6 Å². The Kier molecular flexibility index (Phi) is 4.53. The van der Waals surface area contributed by atoms with E-state index in [1.54, 1.807) is 0 Å². The fraction of sp³-hybridized carbons (Fsp3) is 0.312. The molecule has 3 nitrogen and oxygen atoms in total. The predicted molar refractivity (Wildman–Crippen MR) is 79.9 cm³/mol. The van der Waals surface area contributed by atoms with Crippen LogP contribution in [0.3, 0.4) is 0 Å². The molecule has 2 rings (SSSR count). The summed E-state index contributed by atoms with van der Waals surface area (Å²) in [6.07, 6.45) is 1.86. The van der Waals surface area contributed by atoms with E-state index in [9.17, 15) is 0 Å². The van der Waals surface area contributed by atoms with Crippen LogP contribution in [0.1, 0.15) is 25.0 Å². The van der Waals surface area contributed by atoms with Crippen LogP contribution in [-0.2, 0) is 13.1 Å². The average molecular weight is 255 g/mol. The number of hydrogen-bond acceptors (Lipinski definition) is 3. The number of nitrogens with zero attached hydrogens (tertiary/aromatic N) is 2. The van der Waals surface area contributed by atoms with Gasteiger partial charge in [0.15, 0.2) is 0 Å². The van der Waals surface area contributed by atoms with Gasteiger partial charge in [0.05, 0.1) is 0 Å². The van der Waals surface area contributed by atoms with Gasteiger partial charge in [0, 0.05) is 25.3 Å². The van der Waals surface area contributed by atoms with Gasteiger partial charge in [0.25, 0.3) is 0 Å². The Morgan fingerprint density at radius 1 is 1.05 bits per heavy atom. The van der Waals surface area contributed by atoms with Crippen molar-refractivity contribution in [1.29, 1.82) is 0 Å². The van der Waals surface area contributed by atoms with Gasteiger partial charge < -0.3 is 10.6 Å². The van der Waals surface area contributed by atoms with E-state index in [4.69, 9.17) is 5.73 Å². The number of nitrogens with two attached hydrogens (primary N) is 1. The standard InChI is InChI=1S/C16H21N3/c1-13(2)19(12-14-6-4-3-5-7-14)16-9-8-15(10-17)11-18-16/h3-9,11,13H,10,12,17H2,1-2H3. The maximum atomic E-state index is 5.61. The van der Waals surface area contributed by atoms with Gasteiger partial charge >= 0.3 is 0 Å². The Hall–Kier alpha value is -1.87. The van der Waals surface area contributed by atoms with Crippen molar-refractivity contribution < 1.29 is 0 Å². The minimum Gasteiger partial charge on any atom is -0.350 e. The molecule has 1 heterocycles. The summed E-state index contributed by atoms with van der Waals surface area (Å²) in [6, 6.07) is 15.0. The van der Waals surface area contributed by atoms with Gasteiger partial charge in [-0.3, -0.25) is 0 Å². The second-order valence-corrected chi connectivity index (χ2v) is 4.94. The highest BCUT2D eigenvalue weighted by Crippen LogP contribution is 2.17.